The molecule has 0 aromatic carbocycles. The Kier molecular flexibility index (Phi) is 4.62. The molecular formula is C15H12N6O6. The quantitative estimate of drug-likeness (QED) is 0.264. The Labute approximate surface area is 150 Å². The van der Waals surface area contributed by atoms with Gasteiger partial charge in [-0.15, -0.1) is 0 Å². The van der Waals surface area contributed by atoms with Crippen LogP contribution < -0.4 is 0 Å². The SMILES string of the molecule is Cn1cc([N+](=O)[O-])c(C(=O)/C=C/c2ccc(Cn3cc([N+](=O)[O-])cn3)o2)n1. The number of furan rings is 1. The van der Waals surface area contributed by atoms with Crippen molar-refractivity contribution < 1.29 is 19.1 Å². The Morgan fingerprint density at radius 1 is 1.26 bits per heavy atom. The van der Waals surface area contributed by atoms with Crippen LogP contribution in [0.1, 0.15) is 22.0 Å². The summed E-state index contributed by atoms with van der Waals surface area (Å²) in [6, 6.07) is 3.21. The summed E-state index contributed by atoms with van der Waals surface area (Å²) in [7, 11) is 1.48. The first kappa shape index (κ1) is 17.7. The fourth-order valence-electron chi connectivity index (χ4n) is 2.28. The number of aromatic nitrogens is 4. The zero-order chi connectivity index (χ0) is 19.6. The summed E-state index contributed by atoms with van der Waals surface area (Å²) in [6.07, 6.45) is 6.02. The molecule has 0 unspecified atom stereocenters. The van der Waals surface area contributed by atoms with Gasteiger partial charge >= 0.3 is 11.4 Å². The van der Waals surface area contributed by atoms with Crippen molar-refractivity contribution in [2.24, 2.45) is 7.05 Å². The van der Waals surface area contributed by atoms with Crippen LogP contribution in [0.15, 0.2) is 41.2 Å². The van der Waals surface area contributed by atoms with Gasteiger partial charge in [-0.25, -0.2) is 0 Å². The van der Waals surface area contributed by atoms with Crippen LogP contribution in [0.4, 0.5) is 11.4 Å². The summed E-state index contributed by atoms with van der Waals surface area (Å²) in [5.74, 6) is 0.158. The van der Waals surface area contributed by atoms with Gasteiger partial charge in [0, 0.05) is 7.05 Å². The topological polar surface area (TPSA) is 152 Å². The van der Waals surface area contributed by atoms with E-state index in [0.717, 1.165) is 18.5 Å². The molecule has 0 radical (unpaired) electrons. The molecule has 0 aliphatic heterocycles. The molecule has 0 spiro atoms. The molecule has 12 nitrogen and oxygen atoms in total. The molecule has 0 amide bonds. The van der Waals surface area contributed by atoms with Gasteiger partial charge < -0.3 is 4.42 Å². The first-order valence-electron chi connectivity index (χ1n) is 7.49. The van der Waals surface area contributed by atoms with Crippen molar-refractivity contribution in [2.45, 2.75) is 6.54 Å². The monoisotopic (exact) mass is 372 g/mol. The lowest BCUT2D eigenvalue weighted by Crippen LogP contribution is -2.01. The molecule has 0 atom stereocenters. The third-order valence-electron chi connectivity index (χ3n) is 3.47. The molecular weight excluding hydrogens is 360 g/mol. The van der Waals surface area contributed by atoms with E-state index in [9.17, 15) is 25.0 Å². The third-order valence-corrected chi connectivity index (χ3v) is 3.47. The Morgan fingerprint density at radius 2 is 2.04 bits per heavy atom. The van der Waals surface area contributed by atoms with Gasteiger partial charge in [-0.05, 0) is 24.3 Å². The summed E-state index contributed by atoms with van der Waals surface area (Å²) in [5.41, 5.74) is -0.786. The standard InChI is InChI=1S/C15H12N6O6/c1-18-9-13(21(25)26)15(17-18)14(22)5-4-11-2-3-12(27-11)8-19-7-10(6-16-19)20(23)24/h2-7,9H,8H2,1H3/b5-4+. The predicted octanol–water partition coefficient (Wildman–Crippen LogP) is 1.97. The molecule has 0 aliphatic carbocycles. The minimum absolute atomic E-state index is 0.135. The molecule has 3 aromatic rings. The Balaban J connectivity index is 1.70. The number of ketones is 1. The number of nitrogens with zero attached hydrogens (tertiary/aromatic N) is 6. The summed E-state index contributed by atoms with van der Waals surface area (Å²) in [5, 5.41) is 29.2. The molecule has 0 aliphatic rings. The van der Waals surface area contributed by atoms with Crippen LogP contribution >= 0.6 is 0 Å². The van der Waals surface area contributed by atoms with Gasteiger partial charge in [0.25, 0.3) is 0 Å². The smallest absolute Gasteiger partial charge is 0.318 e. The van der Waals surface area contributed by atoms with Gasteiger partial charge in [0.05, 0.1) is 16.4 Å². The Hall–Kier alpha value is -4.09. The normalized spacial score (nSPS) is 11.1. The fourth-order valence-corrected chi connectivity index (χ4v) is 2.28. The summed E-state index contributed by atoms with van der Waals surface area (Å²) >= 11 is 0. The second kappa shape index (κ2) is 7.03. The molecule has 3 heterocycles. The number of aryl methyl sites for hydroxylation is 1. The number of nitro groups is 2. The van der Waals surface area contributed by atoms with Crippen molar-refractivity contribution in [1.82, 2.24) is 19.6 Å². The lowest BCUT2D eigenvalue weighted by Gasteiger charge is -1.96. The highest BCUT2D eigenvalue weighted by atomic mass is 16.6. The van der Waals surface area contributed by atoms with Crippen LogP contribution in [0.3, 0.4) is 0 Å². The van der Waals surface area contributed by atoms with Crippen molar-refractivity contribution in [3.63, 3.8) is 0 Å². The van der Waals surface area contributed by atoms with E-state index in [1.165, 1.54) is 28.7 Å². The Morgan fingerprint density at radius 3 is 2.70 bits per heavy atom. The summed E-state index contributed by atoms with van der Waals surface area (Å²) < 4.78 is 8.03. The highest BCUT2D eigenvalue weighted by Gasteiger charge is 2.23. The van der Waals surface area contributed by atoms with Crippen molar-refractivity contribution in [3.8, 4) is 0 Å². The maximum atomic E-state index is 12.1. The largest absolute Gasteiger partial charge is 0.460 e. The molecule has 0 saturated heterocycles. The molecule has 12 heteroatoms. The third kappa shape index (κ3) is 3.95. The Bertz CT molecular complexity index is 1060. The first-order chi connectivity index (χ1) is 12.8. The minimum Gasteiger partial charge on any atom is -0.460 e. The molecule has 0 bridgehead atoms. The number of hydrogen-bond acceptors (Lipinski definition) is 8. The lowest BCUT2D eigenvalue weighted by atomic mass is 10.2. The average molecular weight is 372 g/mol. The van der Waals surface area contributed by atoms with Crippen LogP contribution in [0.5, 0.6) is 0 Å². The van der Waals surface area contributed by atoms with E-state index in [1.807, 2.05) is 0 Å². The van der Waals surface area contributed by atoms with E-state index in [1.54, 1.807) is 12.1 Å². The van der Waals surface area contributed by atoms with Crippen LogP contribution in [0.25, 0.3) is 6.08 Å². The van der Waals surface area contributed by atoms with Gasteiger partial charge in [0.1, 0.15) is 30.1 Å². The van der Waals surface area contributed by atoms with Crippen LogP contribution in [-0.4, -0.2) is 35.2 Å². The maximum absolute atomic E-state index is 12.1. The van der Waals surface area contributed by atoms with E-state index in [0.29, 0.717) is 11.5 Å². The lowest BCUT2D eigenvalue weighted by molar-refractivity contribution is -0.385. The number of allylic oxidation sites excluding steroid dienone is 1. The molecule has 0 N–H and O–H groups in total. The van der Waals surface area contributed by atoms with E-state index in [4.69, 9.17) is 4.42 Å². The van der Waals surface area contributed by atoms with Gasteiger partial charge in [0.15, 0.2) is 0 Å². The van der Waals surface area contributed by atoms with Crippen molar-refractivity contribution in [3.05, 3.63) is 74.2 Å². The van der Waals surface area contributed by atoms with E-state index >= 15 is 0 Å². The van der Waals surface area contributed by atoms with Crippen molar-refractivity contribution >= 4 is 23.2 Å². The van der Waals surface area contributed by atoms with Crippen molar-refractivity contribution in [1.29, 1.82) is 0 Å². The number of carbonyl (C=O) groups excluding carboxylic acids is 1. The second-order valence-corrected chi connectivity index (χ2v) is 5.45. The molecule has 3 rings (SSSR count). The highest BCUT2D eigenvalue weighted by Crippen LogP contribution is 2.18. The van der Waals surface area contributed by atoms with E-state index < -0.39 is 15.6 Å². The van der Waals surface area contributed by atoms with Gasteiger partial charge in [-0.3, -0.25) is 34.4 Å². The van der Waals surface area contributed by atoms with Gasteiger partial charge in [-0.2, -0.15) is 10.2 Å². The number of carbonyl (C=O) groups is 1. The van der Waals surface area contributed by atoms with Gasteiger partial charge in [0.2, 0.25) is 11.5 Å². The van der Waals surface area contributed by atoms with Crippen molar-refractivity contribution in [2.75, 3.05) is 0 Å². The summed E-state index contributed by atoms with van der Waals surface area (Å²) in [6.45, 7) is 0.168. The van der Waals surface area contributed by atoms with Gasteiger partial charge in [-0.1, -0.05) is 0 Å². The second-order valence-electron chi connectivity index (χ2n) is 5.45. The first-order valence-corrected chi connectivity index (χ1v) is 7.49. The average Bonchev–Trinajstić information content (AvgIpc) is 3.32. The zero-order valence-electron chi connectivity index (χ0n) is 13.9. The summed E-state index contributed by atoms with van der Waals surface area (Å²) in [4.78, 5) is 32.5. The van der Waals surface area contributed by atoms with E-state index in [2.05, 4.69) is 10.2 Å². The zero-order valence-corrected chi connectivity index (χ0v) is 13.9. The molecule has 138 valence electrons. The predicted molar refractivity (Wildman–Crippen MR) is 89.9 cm³/mol. The molecule has 0 fully saturated rings. The maximum Gasteiger partial charge on any atom is 0.318 e. The molecule has 0 saturated carbocycles. The number of rotatable bonds is 7. The number of hydrogen-bond donors (Lipinski definition) is 0. The van der Waals surface area contributed by atoms with Crippen LogP contribution in [-0.2, 0) is 13.6 Å². The van der Waals surface area contributed by atoms with Crippen LogP contribution in [0, 0.1) is 20.2 Å². The molecule has 3 aromatic heterocycles. The molecule has 27 heavy (non-hydrogen) atoms. The van der Waals surface area contributed by atoms with E-state index in [-0.39, 0.29) is 23.6 Å². The fraction of sp³-hybridized carbons (Fsp3) is 0.133. The minimum atomic E-state index is -0.678. The highest BCUT2D eigenvalue weighted by molar-refractivity contribution is 6.07. The van der Waals surface area contributed by atoms with Crippen LogP contribution in [0.2, 0.25) is 0 Å².